The minimum Gasteiger partial charge on any atom is -0.497 e. The number of benzene rings is 1. The van der Waals surface area contributed by atoms with Gasteiger partial charge in [0.25, 0.3) is 5.69 Å². The molecule has 1 aliphatic rings. The molecule has 21 nitrogen and oxygen atoms in total. The van der Waals surface area contributed by atoms with Gasteiger partial charge in [0, 0.05) is 18.2 Å². The first-order valence-corrected chi connectivity index (χ1v) is 18.0. The van der Waals surface area contributed by atoms with E-state index in [1.807, 2.05) is 13.8 Å². The number of hydrogen-bond donors (Lipinski definition) is 6. The number of anilines is 1. The second-order valence-corrected chi connectivity index (χ2v) is 14.9. The van der Waals surface area contributed by atoms with Crippen LogP contribution in [0.3, 0.4) is 0 Å². The number of aromatic nitrogens is 3. The maximum atomic E-state index is 12.1. The first kappa shape index (κ1) is 37.0. The number of phosphoric acid groups is 3. The fraction of sp³-hybridized carbons (Fsp3) is 0.478. The van der Waals surface area contributed by atoms with Gasteiger partial charge in [-0.2, -0.15) is 8.62 Å². The Morgan fingerprint density at radius 3 is 2.47 bits per heavy atom. The highest BCUT2D eigenvalue weighted by molar-refractivity contribution is 7.66. The summed E-state index contributed by atoms with van der Waals surface area (Å²) in [6, 6.07) is 4.44. The van der Waals surface area contributed by atoms with Crippen molar-refractivity contribution in [2.45, 2.75) is 51.4 Å². The number of nitrogen functional groups attached to an aromatic ring is 1. The highest BCUT2D eigenvalue weighted by Crippen LogP contribution is 2.66. The third-order valence-electron chi connectivity index (χ3n) is 6.81. The normalized spacial score (nSPS) is 21.9. The zero-order valence-corrected chi connectivity index (χ0v) is 27.5. The predicted molar refractivity (Wildman–Crippen MR) is 158 cm³/mol. The molecule has 0 aliphatic carbocycles. The fourth-order valence-electron chi connectivity index (χ4n) is 4.89. The monoisotopic (exact) mass is 727 g/mol. The molecular weight excluding hydrogens is 695 g/mol. The molecule has 24 heteroatoms. The minimum absolute atomic E-state index is 0.0756. The highest BCUT2D eigenvalue weighted by Gasteiger charge is 2.43. The van der Waals surface area contributed by atoms with E-state index in [0.717, 1.165) is 0 Å². The van der Waals surface area contributed by atoms with Crippen molar-refractivity contribution in [1.29, 1.82) is 0 Å². The predicted octanol–water partition coefficient (Wildman–Crippen LogP) is 2.84. The second-order valence-electron chi connectivity index (χ2n) is 10.5. The first-order chi connectivity index (χ1) is 21.8. The molecule has 3 heterocycles. The Bertz CT molecular complexity index is 1770. The van der Waals surface area contributed by atoms with Crippen LogP contribution in [0.1, 0.15) is 43.7 Å². The van der Waals surface area contributed by atoms with Crippen LogP contribution in [0.2, 0.25) is 0 Å². The van der Waals surface area contributed by atoms with Crippen LogP contribution in [0.15, 0.2) is 30.7 Å². The van der Waals surface area contributed by atoms with Crippen LogP contribution >= 0.6 is 23.5 Å². The Morgan fingerprint density at radius 2 is 1.85 bits per heavy atom. The van der Waals surface area contributed by atoms with Gasteiger partial charge in [0.1, 0.15) is 35.9 Å². The number of aliphatic hydroxyl groups excluding tert-OH is 1. The van der Waals surface area contributed by atoms with Gasteiger partial charge in [-0.1, -0.05) is 13.8 Å². The van der Waals surface area contributed by atoms with Crippen molar-refractivity contribution in [3.8, 4) is 5.75 Å². The average Bonchev–Trinajstić information content (AvgIpc) is 3.50. The topological polar surface area (TPSA) is 308 Å². The van der Waals surface area contributed by atoms with Crippen LogP contribution < -0.4 is 10.5 Å². The molecule has 0 saturated carbocycles. The largest absolute Gasteiger partial charge is 0.497 e. The lowest BCUT2D eigenvalue weighted by atomic mass is 9.97. The molecule has 0 radical (unpaired) electrons. The van der Waals surface area contributed by atoms with Crippen LogP contribution in [0.4, 0.5) is 11.5 Å². The maximum Gasteiger partial charge on any atom is 0.490 e. The second kappa shape index (κ2) is 14.3. The van der Waals surface area contributed by atoms with E-state index in [1.54, 1.807) is 18.3 Å². The van der Waals surface area contributed by atoms with E-state index in [0.29, 0.717) is 22.3 Å². The number of fused-ring (bicyclic) bond motifs is 1. The van der Waals surface area contributed by atoms with E-state index in [-0.39, 0.29) is 36.1 Å². The molecule has 1 aliphatic heterocycles. The molecule has 2 aromatic heterocycles. The Kier molecular flexibility index (Phi) is 11.3. The number of rotatable bonds is 15. The Hall–Kier alpha value is -2.87. The van der Waals surface area contributed by atoms with Crippen LogP contribution in [-0.4, -0.2) is 70.1 Å². The summed E-state index contributed by atoms with van der Waals surface area (Å²) in [6.45, 7) is 2.67. The SMILES string of the molecule is COc1ccc(C(OCc2cn([C@H]3C[C@H](O)[C@@H](COP(=O)(O)OP(=O)(O)OP(=O)(O)O)O3)c3ncnc(N)c23)C(C)C)c([N+](=O)[O-])c1. The van der Waals surface area contributed by atoms with Gasteiger partial charge in [-0.15, -0.1) is 0 Å². The molecule has 0 amide bonds. The molecule has 1 fully saturated rings. The van der Waals surface area contributed by atoms with Crippen molar-refractivity contribution in [3.63, 3.8) is 0 Å². The van der Waals surface area contributed by atoms with Crippen LogP contribution in [0.25, 0.3) is 11.0 Å². The maximum absolute atomic E-state index is 12.1. The smallest absolute Gasteiger partial charge is 0.490 e. The Balaban J connectivity index is 1.54. The molecule has 0 spiro atoms. The molecule has 0 bridgehead atoms. The van der Waals surface area contributed by atoms with E-state index in [9.17, 15) is 38.7 Å². The molecule has 7 N–H and O–H groups in total. The van der Waals surface area contributed by atoms with Crippen LogP contribution in [-0.2, 0) is 42.9 Å². The highest BCUT2D eigenvalue weighted by atomic mass is 31.3. The van der Waals surface area contributed by atoms with E-state index < -0.39 is 59.5 Å². The van der Waals surface area contributed by atoms with E-state index in [1.165, 1.54) is 24.1 Å². The van der Waals surface area contributed by atoms with Gasteiger partial charge in [0.15, 0.2) is 0 Å². The molecule has 47 heavy (non-hydrogen) atoms. The number of methoxy groups -OCH3 is 1. The van der Waals surface area contributed by atoms with Gasteiger partial charge in [-0.25, -0.2) is 23.7 Å². The summed E-state index contributed by atoms with van der Waals surface area (Å²) in [4.78, 5) is 56.0. The molecule has 6 atom stereocenters. The van der Waals surface area contributed by atoms with Gasteiger partial charge in [-0.3, -0.25) is 14.6 Å². The van der Waals surface area contributed by atoms with Crippen LogP contribution in [0, 0.1) is 16.0 Å². The van der Waals surface area contributed by atoms with E-state index in [2.05, 4.69) is 23.1 Å². The van der Waals surface area contributed by atoms with Crippen molar-refractivity contribution in [3.05, 3.63) is 52.0 Å². The Labute approximate surface area is 265 Å². The lowest BCUT2D eigenvalue weighted by Crippen LogP contribution is -2.26. The van der Waals surface area contributed by atoms with Crippen molar-refractivity contribution < 1.29 is 70.7 Å². The third-order valence-corrected chi connectivity index (χ3v) is 10.6. The first-order valence-electron chi connectivity index (χ1n) is 13.5. The van der Waals surface area contributed by atoms with E-state index in [4.69, 9.17) is 29.7 Å². The number of hydrogen-bond acceptors (Lipinski definition) is 15. The van der Waals surface area contributed by atoms with Crippen molar-refractivity contribution in [1.82, 2.24) is 14.5 Å². The standard InChI is InChI=1S/C23H32N5O16P3/c1-12(2)21(15-5-4-14(39-3)6-16(15)28(30)31)40-9-13-8-27(23-20(13)22(24)25-11-26-23)19-7-17(29)18(42-19)10-41-46(35,36)44-47(37,38)43-45(32,33)34/h4-6,8,11-12,17-19,21,29H,7,9-10H2,1-3H3,(H,35,36)(H,37,38)(H2,24,25,26)(H2,32,33,34)/t17-,18+,19+,21?/m0/s1. The fourth-order valence-corrected chi connectivity index (χ4v) is 7.92. The summed E-state index contributed by atoms with van der Waals surface area (Å²) >= 11 is 0. The molecule has 1 aromatic carbocycles. The van der Waals surface area contributed by atoms with Crippen molar-refractivity contribution in [2.75, 3.05) is 19.5 Å². The van der Waals surface area contributed by atoms with Gasteiger partial charge in [-0.05, 0) is 18.1 Å². The summed E-state index contributed by atoms with van der Waals surface area (Å²) in [7, 11) is -15.4. The average molecular weight is 727 g/mol. The minimum atomic E-state index is -5.74. The van der Waals surface area contributed by atoms with Crippen molar-refractivity contribution in [2.24, 2.45) is 5.92 Å². The summed E-state index contributed by atoms with van der Waals surface area (Å²) in [6.07, 6.45) is -1.67. The number of ether oxygens (including phenoxy) is 3. The number of nitrogens with two attached hydrogens (primary N) is 1. The molecule has 4 rings (SSSR count). The molecule has 1 saturated heterocycles. The zero-order valence-electron chi connectivity index (χ0n) is 24.8. The van der Waals surface area contributed by atoms with Gasteiger partial charge in [0.2, 0.25) is 0 Å². The van der Waals surface area contributed by atoms with Crippen LogP contribution in [0.5, 0.6) is 5.75 Å². The number of phosphoric ester groups is 1. The van der Waals surface area contributed by atoms with Crippen molar-refractivity contribution >= 4 is 46.0 Å². The molecular formula is C23H32N5O16P3. The summed E-state index contributed by atoms with van der Waals surface area (Å²) in [5.74, 6) is 0.161. The summed E-state index contributed by atoms with van der Waals surface area (Å²) < 4.78 is 65.2. The lowest BCUT2D eigenvalue weighted by molar-refractivity contribution is -0.386. The van der Waals surface area contributed by atoms with Gasteiger partial charge < -0.3 is 49.2 Å². The quantitative estimate of drug-likeness (QED) is 0.0744. The third kappa shape index (κ3) is 9.18. The van der Waals surface area contributed by atoms with E-state index >= 15 is 0 Å². The molecule has 3 unspecified atom stereocenters. The van der Waals surface area contributed by atoms with Gasteiger partial charge >= 0.3 is 23.5 Å². The lowest BCUT2D eigenvalue weighted by Gasteiger charge is -2.22. The number of nitro groups is 1. The number of aliphatic hydroxyl groups is 1. The Morgan fingerprint density at radius 1 is 1.15 bits per heavy atom. The summed E-state index contributed by atoms with van der Waals surface area (Å²) in [5, 5.41) is 22.8. The van der Waals surface area contributed by atoms with Gasteiger partial charge in [0.05, 0.1) is 54.5 Å². The zero-order chi connectivity index (χ0) is 34.9. The summed E-state index contributed by atoms with van der Waals surface area (Å²) in [5.41, 5.74) is 7.03. The number of nitrogens with zero attached hydrogens (tertiary/aromatic N) is 4. The molecule has 3 aromatic rings. The number of nitro benzene ring substituents is 1. The molecule has 260 valence electrons.